The molecule has 0 atom stereocenters. The molecule has 0 radical (unpaired) electrons. The number of nitro benzene ring substituents is 1. The molecule has 0 saturated heterocycles. The van der Waals surface area contributed by atoms with Crippen LogP contribution in [0.1, 0.15) is 37.7 Å². The van der Waals surface area contributed by atoms with E-state index in [1.54, 1.807) is 18.3 Å². The molecular formula is C25H28ClN5O3. The SMILES string of the molecule is O=C(CCNCc1ccc([N+](=O)[O-])cc1)N[C@H]1CC[C@@H](Nc2ccnc3cc(Cl)ccc23)CC1. The Morgan fingerprint density at radius 2 is 1.79 bits per heavy atom. The minimum absolute atomic E-state index is 0.0459. The first-order chi connectivity index (χ1) is 16.5. The monoisotopic (exact) mass is 481 g/mol. The normalized spacial score (nSPS) is 17.9. The second-order valence-electron chi connectivity index (χ2n) is 8.63. The molecular weight excluding hydrogens is 454 g/mol. The van der Waals surface area contributed by atoms with E-state index in [0.717, 1.165) is 47.8 Å². The number of nitrogens with zero attached hydrogens (tertiary/aromatic N) is 2. The van der Waals surface area contributed by atoms with Crippen molar-refractivity contribution in [1.82, 2.24) is 15.6 Å². The summed E-state index contributed by atoms with van der Waals surface area (Å²) in [5.74, 6) is 0.0459. The van der Waals surface area contributed by atoms with Crippen LogP contribution in [0.15, 0.2) is 54.7 Å². The maximum absolute atomic E-state index is 12.3. The van der Waals surface area contributed by atoms with Crippen LogP contribution in [-0.2, 0) is 11.3 Å². The van der Waals surface area contributed by atoms with Gasteiger partial charge in [0.1, 0.15) is 0 Å². The molecule has 1 aromatic heterocycles. The van der Waals surface area contributed by atoms with Crippen LogP contribution in [0.4, 0.5) is 11.4 Å². The molecule has 1 fully saturated rings. The number of carbonyl (C=O) groups is 1. The van der Waals surface area contributed by atoms with Crippen molar-refractivity contribution in [3.8, 4) is 0 Å². The van der Waals surface area contributed by atoms with Crippen molar-refractivity contribution in [1.29, 1.82) is 0 Å². The maximum atomic E-state index is 12.3. The summed E-state index contributed by atoms with van der Waals surface area (Å²) >= 11 is 6.08. The summed E-state index contributed by atoms with van der Waals surface area (Å²) in [5.41, 5.74) is 2.96. The van der Waals surface area contributed by atoms with Gasteiger partial charge >= 0.3 is 0 Å². The first-order valence-corrected chi connectivity index (χ1v) is 11.9. The second kappa shape index (κ2) is 11.3. The number of anilines is 1. The number of benzene rings is 2. The van der Waals surface area contributed by atoms with Crippen molar-refractivity contribution in [3.63, 3.8) is 0 Å². The van der Waals surface area contributed by atoms with Gasteiger partial charge in [0.05, 0.1) is 10.4 Å². The third-order valence-electron chi connectivity index (χ3n) is 6.16. The van der Waals surface area contributed by atoms with E-state index >= 15 is 0 Å². The zero-order valence-corrected chi connectivity index (χ0v) is 19.6. The van der Waals surface area contributed by atoms with Crippen LogP contribution in [0.25, 0.3) is 10.9 Å². The van der Waals surface area contributed by atoms with Crippen LogP contribution in [0.3, 0.4) is 0 Å². The van der Waals surface area contributed by atoms with Gasteiger partial charge in [0.15, 0.2) is 0 Å². The molecule has 0 unspecified atom stereocenters. The van der Waals surface area contributed by atoms with E-state index < -0.39 is 4.92 Å². The lowest BCUT2D eigenvalue weighted by Crippen LogP contribution is -2.40. The Bertz CT molecular complexity index is 1150. The quantitative estimate of drug-likeness (QED) is 0.230. The molecule has 34 heavy (non-hydrogen) atoms. The number of carbonyl (C=O) groups excluding carboxylic acids is 1. The maximum Gasteiger partial charge on any atom is 0.269 e. The third-order valence-corrected chi connectivity index (χ3v) is 6.40. The van der Waals surface area contributed by atoms with Crippen molar-refractivity contribution in [2.45, 2.75) is 50.7 Å². The molecule has 1 amide bonds. The van der Waals surface area contributed by atoms with Crippen LogP contribution >= 0.6 is 11.6 Å². The largest absolute Gasteiger partial charge is 0.382 e. The first kappa shape index (κ1) is 23.9. The summed E-state index contributed by atoms with van der Waals surface area (Å²) in [6, 6.07) is 14.7. The lowest BCUT2D eigenvalue weighted by atomic mass is 9.90. The lowest BCUT2D eigenvalue weighted by molar-refractivity contribution is -0.384. The molecule has 1 saturated carbocycles. The van der Waals surface area contributed by atoms with Crippen molar-refractivity contribution in [2.24, 2.45) is 0 Å². The van der Waals surface area contributed by atoms with Gasteiger partial charge in [-0.05, 0) is 55.5 Å². The van der Waals surface area contributed by atoms with Gasteiger partial charge < -0.3 is 16.0 Å². The average Bonchev–Trinajstić information content (AvgIpc) is 2.83. The highest BCUT2D eigenvalue weighted by atomic mass is 35.5. The molecule has 1 heterocycles. The summed E-state index contributed by atoms with van der Waals surface area (Å²) < 4.78 is 0. The fourth-order valence-corrected chi connectivity index (χ4v) is 4.49. The van der Waals surface area contributed by atoms with Gasteiger partial charge in [0.25, 0.3) is 5.69 Å². The van der Waals surface area contributed by atoms with E-state index in [9.17, 15) is 14.9 Å². The van der Waals surface area contributed by atoms with E-state index in [2.05, 4.69) is 20.9 Å². The van der Waals surface area contributed by atoms with Gasteiger partial charge in [0, 0.05) is 66.0 Å². The molecule has 1 aliphatic carbocycles. The second-order valence-corrected chi connectivity index (χ2v) is 9.07. The number of nitro groups is 1. The van der Waals surface area contributed by atoms with E-state index in [1.807, 2.05) is 24.3 Å². The molecule has 2 aromatic carbocycles. The first-order valence-electron chi connectivity index (χ1n) is 11.5. The number of non-ortho nitro benzene ring substituents is 1. The van der Waals surface area contributed by atoms with Crippen molar-refractivity contribution >= 4 is 39.8 Å². The summed E-state index contributed by atoms with van der Waals surface area (Å²) in [7, 11) is 0. The Kier molecular flexibility index (Phi) is 7.92. The number of fused-ring (bicyclic) bond motifs is 1. The highest BCUT2D eigenvalue weighted by Crippen LogP contribution is 2.28. The molecule has 4 rings (SSSR count). The van der Waals surface area contributed by atoms with Crippen molar-refractivity contribution in [3.05, 3.63) is 75.4 Å². The molecule has 178 valence electrons. The Hall–Kier alpha value is -3.23. The van der Waals surface area contributed by atoms with Gasteiger partial charge in [-0.3, -0.25) is 19.9 Å². The fraction of sp³-hybridized carbons (Fsp3) is 0.360. The van der Waals surface area contributed by atoms with Gasteiger partial charge in [-0.2, -0.15) is 0 Å². The standard InChI is InChI=1S/C25H28ClN5O3/c26-18-3-10-22-23(11-14-28-24(22)15-18)29-19-4-6-20(7-5-19)30-25(32)12-13-27-16-17-1-8-21(9-2-17)31(33)34/h1-3,8-11,14-15,19-20,27H,4-7,12-13,16H2,(H,28,29)(H,30,32)/t19-,20+. The molecule has 8 nitrogen and oxygen atoms in total. The number of aromatic nitrogens is 1. The zero-order valence-electron chi connectivity index (χ0n) is 18.8. The smallest absolute Gasteiger partial charge is 0.269 e. The highest BCUT2D eigenvalue weighted by Gasteiger charge is 2.22. The van der Waals surface area contributed by atoms with Crippen molar-refractivity contribution in [2.75, 3.05) is 11.9 Å². The summed E-state index contributed by atoms with van der Waals surface area (Å²) in [6.07, 6.45) is 6.05. The number of amides is 1. The summed E-state index contributed by atoms with van der Waals surface area (Å²) in [5, 5.41) is 22.4. The number of rotatable bonds is 9. The predicted molar refractivity (Wildman–Crippen MR) is 134 cm³/mol. The van der Waals surface area contributed by atoms with Crippen LogP contribution in [0.2, 0.25) is 5.02 Å². The number of pyridine rings is 1. The summed E-state index contributed by atoms with van der Waals surface area (Å²) in [6.45, 7) is 1.12. The Labute approximate surface area is 203 Å². The number of halogens is 1. The molecule has 0 spiro atoms. The molecule has 0 bridgehead atoms. The molecule has 3 aromatic rings. The fourth-order valence-electron chi connectivity index (χ4n) is 4.32. The van der Waals surface area contributed by atoms with E-state index in [1.165, 1.54) is 12.1 Å². The summed E-state index contributed by atoms with van der Waals surface area (Å²) in [4.78, 5) is 27.0. The molecule has 9 heteroatoms. The molecule has 0 aliphatic heterocycles. The van der Waals surface area contributed by atoms with E-state index in [0.29, 0.717) is 30.6 Å². The van der Waals surface area contributed by atoms with E-state index in [4.69, 9.17) is 11.6 Å². The van der Waals surface area contributed by atoms with Gasteiger partial charge in [-0.25, -0.2) is 0 Å². The van der Waals surface area contributed by atoms with Gasteiger partial charge in [0.2, 0.25) is 5.91 Å². The Balaban J connectivity index is 1.16. The topological polar surface area (TPSA) is 109 Å². The number of nitrogens with one attached hydrogen (secondary N) is 3. The van der Waals surface area contributed by atoms with Crippen molar-refractivity contribution < 1.29 is 9.72 Å². The molecule has 1 aliphatic rings. The van der Waals surface area contributed by atoms with Crippen LogP contribution in [-0.4, -0.2) is 34.4 Å². The minimum Gasteiger partial charge on any atom is -0.382 e. The average molecular weight is 482 g/mol. The minimum atomic E-state index is -0.414. The number of hydrogen-bond donors (Lipinski definition) is 3. The predicted octanol–water partition coefficient (Wildman–Crippen LogP) is 4.82. The van der Waals surface area contributed by atoms with Crippen LogP contribution in [0, 0.1) is 10.1 Å². The zero-order chi connectivity index (χ0) is 23.9. The van der Waals surface area contributed by atoms with E-state index in [-0.39, 0.29) is 17.6 Å². The Morgan fingerprint density at radius 3 is 2.53 bits per heavy atom. The molecule has 3 N–H and O–H groups in total. The van der Waals surface area contributed by atoms with Crippen LogP contribution < -0.4 is 16.0 Å². The van der Waals surface area contributed by atoms with Crippen LogP contribution in [0.5, 0.6) is 0 Å². The van der Waals surface area contributed by atoms with Gasteiger partial charge in [-0.1, -0.05) is 23.7 Å². The Morgan fingerprint density at radius 1 is 1.06 bits per heavy atom. The highest BCUT2D eigenvalue weighted by molar-refractivity contribution is 6.31. The lowest BCUT2D eigenvalue weighted by Gasteiger charge is -2.30. The van der Waals surface area contributed by atoms with Gasteiger partial charge in [-0.15, -0.1) is 0 Å². The number of hydrogen-bond acceptors (Lipinski definition) is 6. The third kappa shape index (κ3) is 6.42.